The molecule has 0 heterocycles. The Hall–Kier alpha value is -2.08. The van der Waals surface area contributed by atoms with Gasteiger partial charge >= 0.3 is 5.97 Å². The minimum absolute atomic E-state index is 0.00274. The lowest BCUT2D eigenvalue weighted by Gasteiger charge is -2.42. The van der Waals surface area contributed by atoms with E-state index in [0.717, 1.165) is 18.4 Å². The molecule has 0 unspecified atom stereocenters. The summed E-state index contributed by atoms with van der Waals surface area (Å²) in [6.45, 7) is 4.67. The van der Waals surface area contributed by atoms with Crippen molar-refractivity contribution in [3.8, 4) is 5.75 Å². The second-order valence-electron chi connectivity index (χ2n) is 5.95. The predicted octanol–water partition coefficient (Wildman–Crippen LogP) is 1.43. The summed E-state index contributed by atoms with van der Waals surface area (Å²) >= 11 is 0. The van der Waals surface area contributed by atoms with Crippen molar-refractivity contribution in [3.05, 3.63) is 29.8 Å². The molecule has 1 aromatic rings. The molecule has 23 heavy (non-hydrogen) atoms. The molecule has 0 spiro atoms. The van der Waals surface area contributed by atoms with Gasteiger partial charge in [-0.2, -0.15) is 0 Å². The average molecular weight is 320 g/mol. The van der Waals surface area contributed by atoms with Gasteiger partial charge in [-0.1, -0.05) is 19.1 Å². The van der Waals surface area contributed by atoms with Crippen LogP contribution < -0.4 is 10.1 Å². The van der Waals surface area contributed by atoms with E-state index in [0.29, 0.717) is 12.3 Å². The molecule has 126 valence electrons. The summed E-state index contributed by atoms with van der Waals surface area (Å²) in [5, 5.41) is 11.8. The second kappa shape index (κ2) is 7.97. The summed E-state index contributed by atoms with van der Waals surface area (Å²) in [7, 11) is 0. The number of nitrogens with zero attached hydrogens (tertiary/aromatic N) is 1. The molecule has 1 amide bonds. The third-order valence-corrected chi connectivity index (χ3v) is 4.10. The van der Waals surface area contributed by atoms with Crippen LogP contribution in [-0.4, -0.2) is 53.7 Å². The van der Waals surface area contributed by atoms with Crippen LogP contribution in [0.4, 0.5) is 0 Å². The minimum atomic E-state index is -0.814. The SMILES string of the molecule is CCN(CC(=O)O)C1CC(NC(=O)COc2cccc(C)c2)C1. The summed E-state index contributed by atoms with van der Waals surface area (Å²) in [5.74, 6) is -0.271. The van der Waals surface area contributed by atoms with Crippen molar-refractivity contribution in [2.75, 3.05) is 19.7 Å². The number of nitrogens with one attached hydrogen (secondary N) is 1. The molecule has 6 nitrogen and oxygen atoms in total. The number of hydrogen-bond acceptors (Lipinski definition) is 4. The summed E-state index contributed by atoms with van der Waals surface area (Å²) in [5.41, 5.74) is 1.09. The summed E-state index contributed by atoms with van der Waals surface area (Å²) in [6.07, 6.45) is 1.58. The summed E-state index contributed by atoms with van der Waals surface area (Å²) in [6, 6.07) is 7.91. The number of carbonyl (C=O) groups is 2. The topological polar surface area (TPSA) is 78.9 Å². The third-order valence-electron chi connectivity index (χ3n) is 4.10. The normalized spacial score (nSPS) is 20.0. The quantitative estimate of drug-likeness (QED) is 0.757. The van der Waals surface area contributed by atoms with Crippen LogP contribution in [0.2, 0.25) is 0 Å². The lowest BCUT2D eigenvalue weighted by molar-refractivity contribution is -0.139. The Morgan fingerprint density at radius 1 is 1.39 bits per heavy atom. The smallest absolute Gasteiger partial charge is 0.317 e. The van der Waals surface area contributed by atoms with E-state index in [2.05, 4.69) is 5.32 Å². The average Bonchev–Trinajstić information content (AvgIpc) is 2.46. The number of amides is 1. The lowest BCUT2D eigenvalue weighted by atomic mass is 9.85. The van der Waals surface area contributed by atoms with Crippen molar-refractivity contribution in [2.24, 2.45) is 0 Å². The number of rotatable bonds is 8. The molecular weight excluding hydrogens is 296 g/mol. The van der Waals surface area contributed by atoms with Crippen LogP contribution in [0.25, 0.3) is 0 Å². The van der Waals surface area contributed by atoms with Gasteiger partial charge in [0.15, 0.2) is 6.61 Å². The van der Waals surface area contributed by atoms with E-state index in [1.54, 1.807) is 0 Å². The zero-order valence-corrected chi connectivity index (χ0v) is 13.6. The maximum atomic E-state index is 11.9. The molecule has 1 saturated carbocycles. The van der Waals surface area contributed by atoms with Crippen molar-refractivity contribution < 1.29 is 19.4 Å². The number of carboxylic acid groups (broad SMARTS) is 1. The Labute approximate surface area is 136 Å². The van der Waals surface area contributed by atoms with Gasteiger partial charge in [0.2, 0.25) is 0 Å². The maximum absolute atomic E-state index is 11.9. The Kier molecular flexibility index (Phi) is 5.98. The molecule has 0 atom stereocenters. The van der Waals surface area contributed by atoms with Crippen LogP contribution in [0.3, 0.4) is 0 Å². The first-order chi connectivity index (χ1) is 11.0. The Morgan fingerprint density at radius 2 is 2.13 bits per heavy atom. The zero-order chi connectivity index (χ0) is 16.8. The fourth-order valence-electron chi connectivity index (χ4n) is 2.80. The van der Waals surface area contributed by atoms with Gasteiger partial charge in [0, 0.05) is 12.1 Å². The number of likely N-dealkylation sites (N-methyl/N-ethyl adjacent to an activating group) is 1. The Balaban J connectivity index is 1.68. The third kappa shape index (κ3) is 5.25. The molecule has 1 aliphatic carbocycles. The Bertz CT molecular complexity index is 555. The highest BCUT2D eigenvalue weighted by Gasteiger charge is 2.34. The largest absolute Gasteiger partial charge is 0.484 e. The number of aryl methyl sites for hydroxylation is 1. The van der Waals surface area contributed by atoms with E-state index in [4.69, 9.17) is 9.84 Å². The highest BCUT2D eigenvalue weighted by Crippen LogP contribution is 2.25. The van der Waals surface area contributed by atoms with Crippen LogP contribution >= 0.6 is 0 Å². The first-order valence-electron chi connectivity index (χ1n) is 7.92. The fraction of sp³-hybridized carbons (Fsp3) is 0.529. The maximum Gasteiger partial charge on any atom is 0.317 e. The number of benzene rings is 1. The number of aliphatic carboxylic acids is 1. The van der Waals surface area contributed by atoms with E-state index >= 15 is 0 Å². The van der Waals surface area contributed by atoms with E-state index < -0.39 is 5.97 Å². The molecule has 0 radical (unpaired) electrons. The summed E-state index contributed by atoms with van der Waals surface area (Å²) < 4.78 is 5.47. The highest BCUT2D eigenvalue weighted by atomic mass is 16.5. The van der Waals surface area contributed by atoms with Gasteiger partial charge < -0.3 is 15.2 Å². The molecule has 1 aromatic carbocycles. The van der Waals surface area contributed by atoms with Crippen molar-refractivity contribution in [1.82, 2.24) is 10.2 Å². The van der Waals surface area contributed by atoms with Crippen LogP contribution in [0.15, 0.2) is 24.3 Å². The standard InChI is InChI=1S/C17H24N2O4/c1-3-19(10-17(21)22)14-8-13(9-14)18-16(20)11-23-15-6-4-5-12(2)7-15/h4-7,13-14H,3,8-11H2,1-2H3,(H,18,20)(H,21,22). The monoisotopic (exact) mass is 320 g/mol. The Morgan fingerprint density at radius 3 is 2.74 bits per heavy atom. The molecule has 0 aliphatic heterocycles. The first-order valence-corrected chi connectivity index (χ1v) is 7.92. The number of hydrogen-bond donors (Lipinski definition) is 2. The molecule has 1 aliphatic rings. The van der Waals surface area contributed by atoms with Crippen LogP contribution in [0, 0.1) is 6.92 Å². The van der Waals surface area contributed by atoms with Gasteiger partial charge in [-0.05, 0) is 44.0 Å². The number of carbonyl (C=O) groups excluding carboxylic acids is 1. The molecule has 0 bridgehead atoms. The number of carboxylic acids is 1. The molecule has 6 heteroatoms. The van der Waals surface area contributed by atoms with Gasteiger partial charge in [-0.15, -0.1) is 0 Å². The first kappa shape index (κ1) is 17.3. The van der Waals surface area contributed by atoms with Crippen molar-refractivity contribution >= 4 is 11.9 Å². The van der Waals surface area contributed by atoms with Crippen LogP contribution in [0.5, 0.6) is 5.75 Å². The molecule has 2 rings (SSSR count). The predicted molar refractivity (Wildman–Crippen MR) is 86.5 cm³/mol. The van der Waals surface area contributed by atoms with E-state index in [1.165, 1.54) is 0 Å². The zero-order valence-electron chi connectivity index (χ0n) is 13.6. The van der Waals surface area contributed by atoms with Crippen molar-refractivity contribution in [2.45, 2.75) is 38.8 Å². The summed E-state index contributed by atoms with van der Waals surface area (Å²) in [4.78, 5) is 24.6. The van der Waals surface area contributed by atoms with Gasteiger partial charge in [-0.25, -0.2) is 0 Å². The second-order valence-corrected chi connectivity index (χ2v) is 5.95. The molecule has 2 N–H and O–H groups in total. The van der Waals surface area contributed by atoms with E-state index in [9.17, 15) is 9.59 Å². The molecule has 0 aromatic heterocycles. The fourth-order valence-corrected chi connectivity index (χ4v) is 2.80. The van der Waals surface area contributed by atoms with Gasteiger partial charge in [0.1, 0.15) is 5.75 Å². The van der Waals surface area contributed by atoms with Crippen molar-refractivity contribution in [1.29, 1.82) is 0 Å². The van der Waals surface area contributed by atoms with E-state index in [1.807, 2.05) is 43.0 Å². The van der Waals surface area contributed by atoms with Crippen molar-refractivity contribution in [3.63, 3.8) is 0 Å². The van der Waals surface area contributed by atoms with Gasteiger partial charge in [0.05, 0.1) is 6.54 Å². The minimum Gasteiger partial charge on any atom is -0.484 e. The van der Waals surface area contributed by atoms with Crippen LogP contribution in [0.1, 0.15) is 25.3 Å². The highest BCUT2D eigenvalue weighted by molar-refractivity contribution is 5.78. The molecule has 1 fully saturated rings. The molecular formula is C17H24N2O4. The molecule has 0 saturated heterocycles. The lowest BCUT2D eigenvalue weighted by Crippen LogP contribution is -2.55. The van der Waals surface area contributed by atoms with Crippen LogP contribution in [-0.2, 0) is 9.59 Å². The van der Waals surface area contributed by atoms with Gasteiger partial charge in [-0.3, -0.25) is 14.5 Å². The van der Waals surface area contributed by atoms with E-state index in [-0.39, 0.29) is 31.1 Å². The van der Waals surface area contributed by atoms with Gasteiger partial charge in [0.25, 0.3) is 5.91 Å². The number of ether oxygens (including phenoxy) is 1.